The highest BCUT2D eigenvalue weighted by molar-refractivity contribution is 7.86. The zero-order chi connectivity index (χ0) is 28.9. The van der Waals surface area contributed by atoms with Crippen LogP contribution in [0.15, 0.2) is 127 Å². The number of nitrogens with one attached hydrogen (secondary N) is 2. The molecule has 0 bridgehead atoms. The summed E-state index contributed by atoms with van der Waals surface area (Å²) >= 11 is 0. The minimum absolute atomic E-state index is 0.187. The van der Waals surface area contributed by atoms with E-state index in [0.717, 1.165) is 18.2 Å². The van der Waals surface area contributed by atoms with Gasteiger partial charge in [-0.25, -0.2) is 0 Å². The van der Waals surface area contributed by atoms with Gasteiger partial charge >= 0.3 is 0 Å². The molecule has 12 nitrogen and oxygen atoms in total. The van der Waals surface area contributed by atoms with Crippen molar-refractivity contribution in [1.29, 1.82) is 0 Å². The predicted octanol–water partition coefficient (Wildman–Crippen LogP) is 1.91. The molecule has 4 N–H and O–H groups in total. The Balaban J connectivity index is 1.75. The first-order valence-corrected chi connectivity index (χ1v) is 14.2. The molecule has 4 aromatic carbocycles. The second kappa shape index (κ2) is 11.5. The second-order valence-corrected chi connectivity index (χ2v) is 10.9. The van der Waals surface area contributed by atoms with Crippen molar-refractivity contribution in [1.82, 2.24) is 0 Å². The highest BCUT2D eigenvalue weighted by atomic mass is 32.2. The van der Waals surface area contributed by atoms with Gasteiger partial charge in [0.05, 0.1) is 16.3 Å². The fourth-order valence-corrected chi connectivity index (χ4v) is 4.73. The molecular weight excluding hydrogens is 560 g/mol. The minimum atomic E-state index is -4.51. The lowest BCUT2D eigenvalue weighted by molar-refractivity contribution is 0.481. The van der Waals surface area contributed by atoms with Gasteiger partial charge in [0.25, 0.3) is 20.2 Å². The van der Waals surface area contributed by atoms with Crippen LogP contribution in [-0.2, 0) is 20.2 Å². The standard InChI is InChI=1S/C26H20N4O8S2/c31-23-15-13-22(29-27-17-7-3-1-2-4-8-18(12-11-17)39(33,34)35)26(32)25(23)30-28-21-14-16-24(40(36,37)38)20-10-6-5-9-19(20)21/h1-16,27-28H,(H,33,34,35)(H,36,37,38)/b2-1?,3-1?,4-2?,7-3?,8-4?,12-11?,17-7?,17-11?,18-8?,18-12?,29-22+,30-25+. The van der Waals surface area contributed by atoms with Crippen LogP contribution in [0.3, 0.4) is 0 Å². The Bertz CT molecular complexity index is 2120. The third-order valence-corrected chi connectivity index (χ3v) is 7.20. The largest absolute Gasteiger partial charge is 0.295 e. The van der Waals surface area contributed by atoms with Gasteiger partial charge in [-0.05, 0) is 48.5 Å². The number of benzene rings is 3. The van der Waals surface area contributed by atoms with Crippen LogP contribution in [0.5, 0.6) is 0 Å². The molecule has 40 heavy (non-hydrogen) atoms. The van der Waals surface area contributed by atoms with Crippen LogP contribution in [0, 0.1) is 0 Å². The average molecular weight is 581 g/mol. The SMILES string of the molecule is O=c1cc/c(=N\Nc2ccccccc(S(=O)(=O)O)cc2)c(=O)/c1=N/Nc1ccc(S(=O)(=O)O)c2ccccc12. The van der Waals surface area contributed by atoms with E-state index in [0.29, 0.717) is 5.39 Å². The maximum absolute atomic E-state index is 13.0. The maximum Gasteiger partial charge on any atom is 0.295 e. The van der Waals surface area contributed by atoms with Gasteiger partial charge in [0.1, 0.15) is 10.3 Å². The van der Waals surface area contributed by atoms with Crippen LogP contribution in [-0.4, -0.2) is 25.9 Å². The van der Waals surface area contributed by atoms with E-state index < -0.39 is 36.5 Å². The zero-order valence-electron chi connectivity index (χ0n) is 20.3. The van der Waals surface area contributed by atoms with Gasteiger partial charge in [-0.2, -0.15) is 27.0 Å². The third kappa shape index (κ3) is 6.62. The van der Waals surface area contributed by atoms with Gasteiger partial charge in [0.15, 0.2) is 5.36 Å². The first-order chi connectivity index (χ1) is 18.9. The molecule has 0 spiro atoms. The molecule has 0 aliphatic heterocycles. The van der Waals surface area contributed by atoms with Gasteiger partial charge in [-0.1, -0.05) is 48.5 Å². The minimum Gasteiger partial charge on any atom is -0.287 e. The highest BCUT2D eigenvalue weighted by Gasteiger charge is 2.15. The first-order valence-electron chi connectivity index (χ1n) is 11.3. The molecule has 0 radical (unpaired) electrons. The molecular formula is C26H20N4O8S2. The molecule has 0 amide bonds. The number of hydrogen-bond donors (Lipinski definition) is 4. The molecule has 0 aliphatic rings. The van der Waals surface area contributed by atoms with E-state index in [1.807, 2.05) is 0 Å². The van der Waals surface area contributed by atoms with E-state index in [9.17, 15) is 35.5 Å². The van der Waals surface area contributed by atoms with Gasteiger partial charge < -0.3 is 0 Å². The van der Waals surface area contributed by atoms with Crippen molar-refractivity contribution in [3.8, 4) is 0 Å². The Hall–Kier alpha value is -4.76. The number of nitrogens with zero attached hydrogens (tertiary/aromatic N) is 2. The Labute approximate surface area is 227 Å². The Kier molecular flexibility index (Phi) is 8.16. The molecule has 204 valence electrons. The van der Waals surface area contributed by atoms with Crippen molar-refractivity contribution in [2.24, 2.45) is 10.2 Å². The smallest absolute Gasteiger partial charge is 0.287 e. The van der Waals surface area contributed by atoms with Crippen molar-refractivity contribution in [3.63, 3.8) is 0 Å². The van der Waals surface area contributed by atoms with Crippen LogP contribution < -0.4 is 32.4 Å². The van der Waals surface area contributed by atoms with E-state index in [-0.39, 0.29) is 31.9 Å². The molecule has 0 unspecified atom stereocenters. The molecule has 4 aromatic rings. The number of fused-ring (bicyclic) bond motifs is 1. The molecule has 0 fully saturated rings. The van der Waals surface area contributed by atoms with E-state index in [2.05, 4.69) is 21.1 Å². The lowest BCUT2D eigenvalue weighted by Gasteiger charge is -2.08. The average Bonchev–Trinajstić information content (AvgIpc) is 2.90. The molecule has 0 aliphatic carbocycles. The van der Waals surface area contributed by atoms with Crippen molar-refractivity contribution < 1.29 is 25.9 Å². The van der Waals surface area contributed by atoms with E-state index >= 15 is 0 Å². The molecule has 4 rings (SSSR count). The van der Waals surface area contributed by atoms with Gasteiger partial charge in [-0.3, -0.25) is 29.5 Å². The first kappa shape index (κ1) is 28.3. The van der Waals surface area contributed by atoms with Crippen molar-refractivity contribution in [2.45, 2.75) is 9.79 Å². The summed E-state index contributed by atoms with van der Waals surface area (Å²) in [5, 5.41) is 7.81. The zero-order valence-corrected chi connectivity index (χ0v) is 21.9. The Morgan fingerprint density at radius 2 is 1.27 bits per heavy atom. The summed E-state index contributed by atoms with van der Waals surface area (Å²) in [5.74, 6) is 0. The van der Waals surface area contributed by atoms with Crippen molar-refractivity contribution in [3.05, 3.63) is 128 Å². The summed E-state index contributed by atoms with van der Waals surface area (Å²) in [6, 6.07) is 22.4. The Morgan fingerprint density at radius 3 is 1.98 bits per heavy atom. The topological polar surface area (TPSA) is 192 Å². The molecule has 0 saturated carbocycles. The second-order valence-electron chi connectivity index (χ2n) is 8.11. The fourth-order valence-electron chi connectivity index (χ4n) is 3.54. The summed E-state index contributed by atoms with van der Waals surface area (Å²) in [6.07, 6.45) is 0. The Morgan fingerprint density at radius 1 is 0.600 bits per heavy atom. The van der Waals surface area contributed by atoms with Gasteiger partial charge in [0.2, 0.25) is 10.9 Å². The van der Waals surface area contributed by atoms with Crippen LogP contribution in [0.2, 0.25) is 0 Å². The predicted molar refractivity (Wildman–Crippen MR) is 147 cm³/mol. The molecule has 0 saturated heterocycles. The summed E-state index contributed by atoms with van der Waals surface area (Å²) in [7, 11) is -8.99. The quantitative estimate of drug-likeness (QED) is 0.193. The molecule has 14 heteroatoms. The monoisotopic (exact) mass is 580 g/mol. The number of rotatable bonds is 6. The fraction of sp³-hybridized carbons (Fsp3) is 0. The third-order valence-electron chi connectivity index (χ3n) is 5.42. The molecule has 0 aromatic heterocycles. The normalized spacial score (nSPS) is 12.7. The number of hydrogen-bond acceptors (Lipinski definition) is 10. The lowest BCUT2D eigenvalue weighted by atomic mass is 10.1. The summed E-state index contributed by atoms with van der Waals surface area (Å²) in [4.78, 5) is 24.7. The van der Waals surface area contributed by atoms with Crippen LogP contribution in [0.25, 0.3) is 10.8 Å². The van der Waals surface area contributed by atoms with Crippen LogP contribution in [0.4, 0.5) is 11.4 Å². The van der Waals surface area contributed by atoms with Crippen LogP contribution >= 0.6 is 0 Å². The van der Waals surface area contributed by atoms with Gasteiger partial charge in [-0.15, -0.1) is 0 Å². The van der Waals surface area contributed by atoms with Crippen molar-refractivity contribution in [2.75, 3.05) is 10.9 Å². The van der Waals surface area contributed by atoms with E-state index in [4.69, 9.17) is 0 Å². The number of anilines is 2. The van der Waals surface area contributed by atoms with Crippen molar-refractivity contribution >= 4 is 42.4 Å². The summed E-state index contributed by atoms with van der Waals surface area (Å²) < 4.78 is 65.4. The van der Waals surface area contributed by atoms with E-state index in [1.165, 1.54) is 42.5 Å². The lowest BCUT2D eigenvalue weighted by Crippen LogP contribution is -2.47. The summed E-state index contributed by atoms with van der Waals surface area (Å²) in [5.41, 5.74) is 4.19. The molecule has 0 heterocycles. The van der Waals surface area contributed by atoms with Gasteiger partial charge in [0, 0.05) is 10.8 Å². The highest BCUT2D eigenvalue weighted by Crippen LogP contribution is 2.29. The molecule has 0 atom stereocenters. The van der Waals surface area contributed by atoms with E-state index in [1.54, 1.807) is 36.4 Å². The van der Waals surface area contributed by atoms with Crippen LogP contribution in [0.1, 0.15) is 0 Å². The maximum atomic E-state index is 13.0. The summed E-state index contributed by atoms with van der Waals surface area (Å²) in [6.45, 7) is 0.